The van der Waals surface area contributed by atoms with Crippen molar-refractivity contribution in [2.75, 3.05) is 33.0 Å². The zero-order valence-electron chi connectivity index (χ0n) is 14.6. The fraction of sp³-hybridized carbons (Fsp3) is 0.632. The summed E-state index contributed by atoms with van der Waals surface area (Å²) < 4.78 is 10.8. The lowest BCUT2D eigenvalue weighted by molar-refractivity contribution is -0.133. The van der Waals surface area contributed by atoms with Crippen LogP contribution >= 0.6 is 0 Å². The fourth-order valence-corrected chi connectivity index (χ4v) is 3.31. The van der Waals surface area contributed by atoms with Crippen molar-refractivity contribution in [3.63, 3.8) is 0 Å². The lowest BCUT2D eigenvalue weighted by Crippen LogP contribution is -2.48. The summed E-state index contributed by atoms with van der Waals surface area (Å²) in [5.41, 5.74) is 1.23. The second kappa shape index (κ2) is 8.38. The highest BCUT2D eigenvalue weighted by atomic mass is 16.7. The van der Waals surface area contributed by atoms with Crippen molar-refractivity contribution in [2.45, 2.75) is 45.6 Å². The topological polar surface area (TPSA) is 42.0 Å². The van der Waals surface area contributed by atoms with Gasteiger partial charge in [-0.1, -0.05) is 32.3 Å². The van der Waals surface area contributed by atoms with Crippen molar-refractivity contribution in [3.8, 4) is 11.5 Å². The minimum Gasteiger partial charge on any atom is -0.454 e. The molecular formula is C19H28N2O3. The second-order valence-electron chi connectivity index (χ2n) is 6.66. The van der Waals surface area contributed by atoms with Crippen molar-refractivity contribution in [2.24, 2.45) is 0 Å². The zero-order chi connectivity index (χ0) is 16.8. The monoisotopic (exact) mass is 332 g/mol. The predicted molar refractivity (Wildman–Crippen MR) is 93.2 cm³/mol. The molecule has 5 heteroatoms. The molecule has 0 N–H and O–H groups in total. The predicted octanol–water partition coefficient (Wildman–Crippen LogP) is 3.03. The Morgan fingerprint density at radius 2 is 1.83 bits per heavy atom. The third kappa shape index (κ3) is 4.41. The molecule has 5 nitrogen and oxygen atoms in total. The standard InChI is InChI=1S/C19H28N2O3/c1-2-3-4-5-6-19(22)21-11-9-20(10-12-21)14-16-7-8-17-18(13-16)24-15-23-17/h7-8,13H,2-6,9-12,14-15H2,1H3. The summed E-state index contributed by atoms with van der Waals surface area (Å²) in [4.78, 5) is 16.7. The van der Waals surface area contributed by atoms with E-state index in [9.17, 15) is 4.79 Å². The summed E-state index contributed by atoms with van der Waals surface area (Å²) >= 11 is 0. The number of nitrogens with zero attached hydrogens (tertiary/aromatic N) is 2. The van der Waals surface area contributed by atoms with E-state index in [-0.39, 0.29) is 0 Å². The first-order valence-corrected chi connectivity index (χ1v) is 9.15. The number of hydrogen-bond donors (Lipinski definition) is 0. The SMILES string of the molecule is CCCCCCC(=O)N1CCN(Cc2ccc3c(c2)OCO3)CC1. The summed E-state index contributed by atoms with van der Waals surface area (Å²) in [7, 11) is 0. The molecule has 1 fully saturated rings. The maximum Gasteiger partial charge on any atom is 0.231 e. The highest BCUT2D eigenvalue weighted by Crippen LogP contribution is 2.32. The Morgan fingerprint density at radius 1 is 1.04 bits per heavy atom. The van der Waals surface area contributed by atoms with E-state index in [1.54, 1.807) is 0 Å². The third-order valence-electron chi connectivity index (χ3n) is 4.81. The van der Waals surface area contributed by atoms with Gasteiger partial charge in [-0.3, -0.25) is 9.69 Å². The van der Waals surface area contributed by atoms with Crippen molar-refractivity contribution in [1.82, 2.24) is 9.80 Å². The van der Waals surface area contributed by atoms with Gasteiger partial charge < -0.3 is 14.4 Å². The number of carbonyl (C=O) groups excluding carboxylic acids is 1. The molecule has 0 spiro atoms. The molecule has 1 aromatic carbocycles. The Bertz CT molecular complexity index is 554. The number of benzene rings is 1. The highest BCUT2D eigenvalue weighted by molar-refractivity contribution is 5.76. The van der Waals surface area contributed by atoms with Crippen LogP contribution in [0.25, 0.3) is 0 Å². The van der Waals surface area contributed by atoms with E-state index in [0.29, 0.717) is 19.1 Å². The second-order valence-corrected chi connectivity index (χ2v) is 6.66. The molecule has 0 unspecified atom stereocenters. The Balaban J connectivity index is 1.41. The molecule has 2 heterocycles. The van der Waals surface area contributed by atoms with E-state index < -0.39 is 0 Å². The molecule has 0 radical (unpaired) electrons. The third-order valence-corrected chi connectivity index (χ3v) is 4.81. The quantitative estimate of drug-likeness (QED) is 0.720. The lowest BCUT2D eigenvalue weighted by Gasteiger charge is -2.34. The molecule has 1 amide bonds. The van der Waals surface area contributed by atoms with Crippen molar-refractivity contribution in [1.29, 1.82) is 0 Å². The molecular weight excluding hydrogens is 304 g/mol. The largest absolute Gasteiger partial charge is 0.454 e. The average molecular weight is 332 g/mol. The first kappa shape index (κ1) is 17.1. The maximum atomic E-state index is 12.2. The molecule has 2 aliphatic heterocycles. The molecule has 24 heavy (non-hydrogen) atoms. The Labute approximate surface area is 144 Å². The van der Waals surface area contributed by atoms with E-state index in [1.165, 1.54) is 24.8 Å². The molecule has 0 aliphatic carbocycles. The van der Waals surface area contributed by atoms with E-state index in [0.717, 1.165) is 50.6 Å². The van der Waals surface area contributed by atoms with Crippen LogP contribution in [0, 0.1) is 0 Å². The molecule has 1 aromatic rings. The van der Waals surface area contributed by atoms with E-state index in [4.69, 9.17) is 9.47 Å². The molecule has 0 aromatic heterocycles. The molecule has 2 aliphatic rings. The Morgan fingerprint density at radius 3 is 2.62 bits per heavy atom. The lowest BCUT2D eigenvalue weighted by atomic mass is 10.1. The van der Waals surface area contributed by atoms with Gasteiger partial charge >= 0.3 is 0 Å². The van der Waals surface area contributed by atoms with Crippen molar-refractivity contribution < 1.29 is 14.3 Å². The zero-order valence-corrected chi connectivity index (χ0v) is 14.6. The van der Waals surface area contributed by atoms with Crippen LogP contribution in [0.2, 0.25) is 0 Å². The van der Waals surface area contributed by atoms with E-state index in [2.05, 4.69) is 24.0 Å². The Hall–Kier alpha value is -1.75. The molecule has 0 saturated carbocycles. The van der Waals surface area contributed by atoms with Gasteiger partial charge in [0.05, 0.1) is 0 Å². The first-order chi connectivity index (χ1) is 11.8. The van der Waals surface area contributed by atoms with E-state index in [1.807, 2.05) is 11.0 Å². The smallest absolute Gasteiger partial charge is 0.231 e. The minimum absolute atomic E-state index is 0.317. The number of fused-ring (bicyclic) bond motifs is 1. The highest BCUT2D eigenvalue weighted by Gasteiger charge is 2.21. The van der Waals surface area contributed by atoms with Gasteiger partial charge in [0.1, 0.15) is 0 Å². The molecule has 3 rings (SSSR count). The summed E-state index contributed by atoms with van der Waals surface area (Å²) in [6.45, 7) is 6.98. The number of rotatable bonds is 7. The number of piperazine rings is 1. The number of amides is 1. The van der Waals surface area contributed by atoms with Gasteiger partial charge in [0.2, 0.25) is 12.7 Å². The van der Waals surface area contributed by atoms with Gasteiger partial charge in [-0.2, -0.15) is 0 Å². The van der Waals surface area contributed by atoms with Gasteiger partial charge in [-0.15, -0.1) is 0 Å². The fourth-order valence-electron chi connectivity index (χ4n) is 3.31. The van der Waals surface area contributed by atoms with Crippen molar-refractivity contribution in [3.05, 3.63) is 23.8 Å². The van der Waals surface area contributed by atoms with Crippen LogP contribution in [0.4, 0.5) is 0 Å². The van der Waals surface area contributed by atoms with Crippen LogP contribution in [0.3, 0.4) is 0 Å². The van der Waals surface area contributed by atoms with Gasteiger partial charge in [0.25, 0.3) is 0 Å². The normalized spacial score (nSPS) is 17.3. The van der Waals surface area contributed by atoms with Gasteiger partial charge in [0.15, 0.2) is 11.5 Å². The summed E-state index contributed by atoms with van der Waals surface area (Å²) in [5, 5.41) is 0. The number of unbranched alkanes of at least 4 members (excludes halogenated alkanes) is 3. The number of ether oxygens (including phenoxy) is 2. The average Bonchev–Trinajstić information content (AvgIpc) is 3.07. The van der Waals surface area contributed by atoms with Gasteiger partial charge in [-0.05, 0) is 24.1 Å². The van der Waals surface area contributed by atoms with Crippen LogP contribution in [-0.2, 0) is 11.3 Å². The van der Waals surface area contributed by atoms with Crippen molar-refractivity contribution >= 4 is 5.91 Å². The number of hydrogen-bond acceptors (Lipinski definition) is 4. The summed E-state index contributed by atoms with van der Waals surface area (Å²) in [6, 6.07) is 6.14. The molecule has 1 saturated heterocycles. The molecule has 0 bridgehead atoms. The van der Waals surface area contributed by atoms with Crippen LogP contribution in [0.1, 0.15) is 44.6 Å². The van der Waals surface area contributed by atoms with E-state index >= 15 is 0 Å². The molecule has 132 valence electrons. The van der Waals surface area contributed by atoms with Gasteiger partial charge in [-0.25, -0.2) is 0 Å². The minimum atomic E-state index is 0.317. The van der Waals surface area contributed by atoms with Crippen LogP contribution in [-0.4, -0.2) is 48.7 Å². The van der Waals surface area contributed by atoms with Crippen LogP contribution < -0.4 is 9.47 Å². The Kier molecular flexibility index (Phi) is 5.96. The van der Waals surface area contributed by atoms with Crippen LogP contribution in [0.15, 0.2) is 18.2 Å². The summed E-state index contributed by atoms with van der Waals surface area (Å²) in [6.07, 6.45) is 5.36. The molecule has 0 atom stereocenters. The first-order valence-electron chi connectivity index (χ1n) is 9.15. The maximum absolute atomic E-state index is 12.2. The van der Waals surface area contributed by atoms with Gasteiger partial charge in [0, 0.05) is 39.1 Å². The van der Waals surface area contributed by atoms with Crippen LogP contribution in [0.5, 0.6) is 11.5 Å². The summed E-state index contributed by atoms with van der Waals surface area (Å²) in [5.74, 6) is 2.00. The number of carbonyl (C=O) groups is 1.